The van der Waals surface area contributed by atoms with E-state index in [9.17, 15) is 18.0 Å². The Morgan fingerprint density at radius 3 is 2.36 bits per heavy atom. The van der Waals surface area contributed by atoms with Crippen molar-refractivity contribution in [2.45, 2.75) is 25.1 Å². The first kappa shape index (κ1) is 23.0. The summed E-state index contributed by atoms with van der Waals surface area (Å²) in [5.41, 5.74) is 2.65. The number of hydrogen-bond acceptors (Lipinski definition) is 4. The van der Waals surface area contributed by atoms with E-state index in [1.807, 2.05) is 48.7 Å². The van der Waals surface area contributed by atoms with Crippen molar-refractivity contribution in [2.24, 2.45) is 0 Å². The molecule has 2 heterocycles. The van der Waals surface area contributed by atoms with E-state index in [2.05, 4.69) is 10.3 Å². The Kier molecular flexibility index (Phi) is 6.80. The second kappa shape index (κ2) is 9.76. The Labute approximate surface area is 193 Å². The summed E-state index contributed by atoms with van der Waals surface area (Å²) in [6.07, 6.45) is 2.22. The maximum absolute atomic E-state index is 13.3. The molecular formula is C24H28N4O4S. The molecule has 0 unspecified atom stereocenters. The molecule has 0 aliphatic carbocycles. The fraction of sp³-hybridized carbons (Fsp3) is 0.333. The van der Waals surface area contributed by atoms with Crippen LogP contribution in [0.1, 0.15) is 18.1 Å². The van der Waals surface area contributed by atoms with Crippen molar-refractivity contribution in [3.05, 3.63) is 71.9 Å². The Bertz CT molecular complexity index is 1230. The predicted molar refractivity (Wildman–Crippen MR) is 127 cm³/mol. The SMILES string of the molecule is CC(=O)N[C@@H](Cc1c[nH]c2ccccc12)C(=O)N1CCN(S(=O)(=O)Cc2ccccc2)CC1. The molecule has 1 fully saturated rings. The highest BCUT2D eigenvalue weighted by Gasteiger charge is 2.32. The summed E-state index contributed by atoms with van der Waals surface area (Å²) in [4.78, 5) is 29.9. The smallest absolute Gasteiger partial charge is 0.245 e. The van der Waals surface area contributed by atoms with E-state index in [4.69, 9.17) is 0 Å². The third-order valence-corrected chi connectivity index (χ3v) is 7.76. The van der Waals surface area contributed by atoms with Crippen LogP contribution in [0.15, 0.2) is 60.8 Å². The van der Waals surface area contributed by atoms with Crippen LogP contribution >= 0.6 is 0 Å². The van der Waals surface area contributed by atoms with Crippen molar-refractivity contribution in [1.29, 1.82) is 0 Å². The van der Waals surface area contributed by atoms with Crippen LogP contribution in [0.3, 0.4) is 0 Å². The monoisotopic (exact) mass is 468 g/mol. The lowest BCUT2D eigenvalue weighted by molar-refractivity contribution is -0.137. The number of fused-ring (bicyclic) bond motifs is 1. The van der Waals surface area contributed by atoms with Gasteiger partial charge in [-0.05, 0) is 17.2 Å². The van der Waals surface area contributed by atoms with Gasteiger partial charge in [0.05, 0.1) is 5.75 Å². The van der Waals surface area contributed by atoms with Crippen LogP contribution in [0.4, 0.5) is 0 Å². The third kappa shape index (κ3) is 5.43. The zero-order chi connectivity index (χ0) is 23.4. The van der Waals surface area contributed by atoms with Gasteiger partial charge in [-0.1, -0.05) is 48.5 Å². The summed E-state index contributed by atoms with van der Waals surface area (Å²) in [6.45, 7) is 2.44. The molecule has 3 aromatic rings. The molecule has 8 nitrogen and oxygen atoms in total. The van der Waals surface area contributed by atoms with Crippen LogP contribution in [0, 0.1) is 0 Å². The maximum atomic E-state index is 13.3. The van der Waals surface area contributed by atoms with Gasteiger partial charge in [0, 0.05) is 56.6 Å². The number of carbonyl (C=O) groups excluding carboxylic acids is 2. The second-order valence-corrected chi connectivity index (χ2v) is 10.3. The molecule has 9 heteroatoms. The molecule has 2 N–H and O–H groups in total. The lowest BCUT2D eigenvalue weighted by Gasteiger charge is -2.36. The molecular weight excluding hydrogens is 440 g/mol. The summed E-state index contributed by atoms with van der Waals surface area (Å²) in [5, 5.41) is 3.79. The summed E-state index contributed by atoms with van der Waals surface area (Å²) in [6, 6.07) is 16.2. The van der Waals surface area contributed by atoms with Crippen molar-refractivity contribution in [3.63, 3.8) is 0 Å². The van der Waals surface area contributed by atoms with Crippen LogP contribution in [0.2, 0.25) is 0 Å². The molecule has 174 valence electrons. The van der Waals surface area contributed by atoms with Gasteiger partial charge >= 0.3 is 0 Å². The standard InChI is InChI=1S/C24H28N4O4S/c1-18(29)26-23(15-20-16-25-22-10-6-5-9-21(20)22)24(30)27-11-13-28(14-12-27)33(31,32)17-19-7-3-2-4-8-19/h2-10,16,23,25H,11-15,17H2,1H3,(H,26,29)/t23-/m0/s1. The fourth-order valence-corrected chi connectivity index (χ4v) is 5.76. The van der Waals surface area contributed by atoms with Crippen molar-refractivity contribution in [1.82, 2.24) is 19.5 Å². The first-order valence-electron chi connectivity index (χ1n) is 11.0. The number of piperazine rings is 1. The highest BCUT2D eigenvalue weighted by molar-refractivity contribution is 7.88. The second-order valence-electron chi connectivity index (χ2n) is 8.28. The van der Waals surface area contributed by atoms with Gasteiger partial charge in [-0.2, -0.15) is 4.31 Å². The Hall–Kier alpha value is -3.17. The number of H-pyrrole nitrogens is 1. The first-order valence-corrected chi connectivity index (χ1v) is 12.6. The number of para-hydroxylation sites is 1. The summed E-state index contributed by atoms with van der Waals surface area (Å²) in [5.74, 6) is -0.538. The molecule has 2 amide bonds. The first-order chi connectivity index (χ1) is 15.8. The van der Waals surface area contributed by atoms with Crippen molar-refractivity contribution < 1.29 is 18.0 Å². The van der Waals surface area contributed by atoms with Gasteiger partial charge in [-0.3, -0.25) is 9.59 Å². The van der Waals surface area contributed by atoms with Crippen molar-refractivity contribution in [2.75, 3.05) is 26.2 Å². The summed E-state index contributed by atoms with van der Waals surface area (Å²) in [7, 11) is -3.47. The van der Waals surface area contributed by atoms with Gasteiger partial charge in [0.25, 0.3) is 0 Å². The molecule has 1 saturated heterocycles. The molecule has 1 aliphatic heterocycles. The number of nitrogens with one attached hydrogen (secondary N) is 2. The largest absolute Gasteiger partial charge is 0.361 e. The van der Waals surface area contributed by atoms with Gasteiger partial charge < -0.3 is 15.2 Å². The van der Waals surface area contributed by atoms with E-state index in [1.54, 1.807) is 17.0 Å². The van der Waals surface area contributed by atoms with Crippen LogP contribution < -0.4 is 5.32 Å². The van der Waals surface area contributed by atoms with Crippen LogP contribution in [0.5, 0.6) is 0 Å². The molecule has 2 aromatic carbocycles. The Morgan fingerprint density at radius 2 is 1.67 bits per heavy atom. The van der Waals surface area contributed by atoms with Gasteiger partial charge in [0.1, 0.15) is 6.04 Å². The number of sulfonamides is 1. The normalized spacial score (nSPS) is 16.0. The average molecular weight is 469 g/mol. The molecule has 0 saturated carbocycles. The summed E-state index contributed by atoms with van der Waals surface area (Å²) < 4.78 is 27.1. The quantitative estimate of drug-likeness (QED) is 0.553. The molecule has 0 bridgehead atoms. The number of aromatic amines is 1. The van der Waals surface area contributed by atoms with E-state index >= 15 is 0 Å². The van der Waals surface area contributed by atoms with Gasteiger partial charge in [-0.15, -0.1) is 0 Å². The molecule has 1 aromatic heterocycles. The topological polar surface area (TPSA) is 103 Å². The van der Waals surface area contributed by atoms with Crippen LogP contribution in [0.25, 0.3) is 10.9 Å². The molecule has 1 aliphatic rings. The lowest BCUT2D eigenvalue weighted by atomic mass is 10.0. The minimum Gasteiger partial charge on any atom is -0.361 e. The van der Waals surface area contributed by atoms with Crippen molar-refractivity contribution in [3.8, 4) is 0 Å². The zero-order valence-electron chi connectivity index (χ0n) is 18.5. The molecule has 0 radical (unpaired) electrons. The zero-order valence-corrected chi connectivity index (χ0v) is 19.3. The number of rotatable bonds is 7. The van der Waals surface area contributed by atoms with Gasteiger partial charge in [0.15, 0.2) is 0 Å². The van der Waals surface area contributed by atoms with Crippen LogP contribution in [-0.2, 0) is 31.8 Å². The van der Waals surface area contributed by atoms with Crippen LogP contribution in [-0.4, -0.2) is 66.6 Å². The van der Waals surface area contributed by atoms with E-state index in [0.29, 0.717) is 6.42 Å². The lowest BCUT2D eigenvalue weighted by Crippen LogP contribution is -2.56. The van der Waals surface area contributed by atoms with E-state index in [-0.39, 0.29) is 43.7 Å². The molecule has 0 spiro atoms. The molecule has 33 heavy (non-hydrogen) atoms. The number of aromatic nitrogens is 1. The van der Waals surface area contributed by atoms with Crippen molar-refractivity contribution >= 4 is 32.7 Å². The number of hydrogen-bond donors (Lipinski definition) is 2. The van der Waals surface area contributed by atoms with E-state index in [1.165, 1.54) is 11.2 Å². The Balaban J connectivity index is 1.42. The minimum absolute atomic E-state index is 0.0587. The van der Waals surface area contributed by atoms with E-state index in [0.717, 1.165) is 22.0 Å². The predicted octanol–water partition coefficient (Wildman–Crippen LogP) is 1.89. The van der Waals surface area contributed by atoms with E-state index < -0.39 is 16.1 Å². The minimum atomic E-state index is -3.47. The highest BCUT2D eigenvalue weighted by Crippen LogP contribution is 2.20. The fourth-order valence-electron chi connectivity index (χ4n) is 4.25. The highest BCUT2D eigenvalue weighted by atomic mass is 32.2. The maximum Gasteiger partial charge on any atom is 0.245 e. The average Bonchev–Trinajstić information content (AvgIpc) is 3.21. The number of carbonyl (C=O) groups is 2. The van der Waals surface area contributed by atoms with Gasteiger partial charge in [0.2, 0.25) is 21.8 Å². The molecule has 1 atom stereocenters. The summed E-state index contributed by atoms with van der Waals surface area (Å²) >= 11 is 0. The number of amides is 2. The molecule has 4 rings (SSSR count). The van der Waals surface area contributed by atoms with Gasteiger partial charge in [-0.25, -0.2) is 8.42 Å². The number of nitrogens with zero attached hydrogens (tertiary/aromatic N) is 2. The third-order valence-electron chi connectivity index (χ3n) is 5.91. The Morgan fingerprint density at radius 1 is 1.00 bits per heavy atom. The number of benzene rings is 2.